The highest BCUT2D eigenvalue weighted by Gasteiger charge is 2.37. The Hall–Kier alpha value is -3.23. The normalized spacial score (nSPS) is 20.1. The molecule has 0 aromatic carbocycles. The van der Waals surface area contributed by atoms with Gasteiger partial charge in [0.05, 0.1) is 16.5 Å². The van der Waals surface area contributed by atoms with Crippen LogP contribution >= 0.6 is 11.3 Å². The SMILES string of the molecule is CNS(=O)(=O)O[C@@H]1C[C@H](Nc2ncncc2C(=O)c2cc(Cn3ccc4cccnc43)cs2)C[C@@H]1O. The molecule has 3 N–H and O–H groups in total. The molecule has 4 aromatic rings. The molecular formula is C23H24N6O5S2. The van der Waals surface area contributed by atoms with E-state index in [1.807, 2.05) is 40.4 Å². The predicted octanol–water partition coefficient (Wildman–Crippen LogP) is 1.95. The number of aromatic nitrogens is 4. The molecule has 0 bridgehead atoms. The first-order valence-corrected chi connectivity index (χ1v) is 13.5. The van der Waals surface area contributed by atoms with Crippen molar-refractivity contribution in [2.24, 2.45) is 0 Å². The highest BCUT2D eigenvalue weighted by atomic mass is 32.2. The Balaban J connectivity index is 1.30. The van der Waals surface area contributed by atoms with Crippen molar-refractivity contribution in [1.29, 1.82) is 0 Å². The largest absolute Gasteiger partial charge is 0.390 e. The van der Waals surface area contributed by atoms with Crippen LogP contribution in [0.15, 0.2) is 54.6 Å². The van der Waals surface area contributed by atoms with Crippen LogP contribution in [-0.4, -0.2) is 64.1 Å². The molecule has 3 atom stereocenters. The summed E-state index contributed by atoms with van der Waals surface area (Å²) < 4.78 is 32.5. The lowest BCUT2D eigenvalue weighted by molar-refractivity contribution is 0.0636. The fraction of sp³-hybridized carbons (Fsp3) is 0.304. The topological polar surface area (TPSA) is 148 Å². The molecule has 13 heteroatoms. The van der Waals surface area contributed by atoms with E-state index in [1.165, 1.54) is 30.9 Å². The van der Waals surface area contributed by atoms with Crippen molar-refractivity contribution in [3.63, 3.8) is 0 Å². The molecule has 0 spiro atoms. The van der Waals surface area contributed by atoms with E-state index < -0.39 is 22.5 Å². The number of carbonyl (C=O) groups is 1. The Bertz CT molecular complexity index is 1500. The molecule has 1 saturated carbocycles. The van der Waals surface area contributed by atoms with E-state index in [-0.39, 0.29) is 24.7 Å². The van der Waals surface area contributed by atoms with Gasteiger partial charge in [-0.1, -0.05) is 0 Å². The number of nitrogens with one attached hydrogen (secondary N) is 2. The zero-order chi connectivity index (χ0) is 25.3. The lowest BCUT2D eigenvalue weighted by Gasteiger charge is -2.15. The monoisotopic (exact) mass is 528 g/mol. The molecule has 1 aliphatic rings. The van der Waals surface area contributed by atoms with E-state index in [1.54, 1.807) is 6.20 Å². The Morgan fingerprint density at radius 1 is 1.31 bits per heavy atom. The van der Waals surface area contributed by atoms with Gasteiger partial charge in [-0.05, 0) is 48.1 Å². The van der Waals surface area contributed by atoms with Gasteiger partial charge in [-0.15, -0.1) is 11.3 Å². The summed E-state index contributed by atoms with van der Waals surface area (Å²) in [6, 6.07) is 7.41. The Kier molecular flexibility index (Phi) is 6.81. The number of fused-ring (bicyclic) bond motifs is 1. The molecular weight excluding hydrogens is 504 g/mol. The number of pyridine rings is 1. The van der Waals surface area contributed by atoms with Crippen LogP contribution in [0.3, 0.4) is 0 Å². The average Bonchev–Trinajstić information content (AvgIpc) is 3.59. The van der Waals surface area contributed by atoms with Crippen LogP contribution in [-0.2, 0) is 21.0 Å². The number of nitrogens with zero attached hydrogens (tertiary/aromatic N) is 4. The third kappa shape index (κ3) is 5.15. The van der Waals surface area contributed by atoms with Crippen LogP contribution in [0.5, 0.6) is 0 Å². The van der Waals surface area contributed by atoms with E-state index in [4.69, 9.17) is 4.18 Å². The van der Waals surface area contributed by atoms with Gasteiger partial charge in [0.1, 0.15) is 23.9 Å². The zero-order valence-electron chi connectivity index (χ0n) is 19.2. The molecule has 4 aromatic heterocycles. The molecule has 0 saturated heterocycles. The van der Waals surface area contributed by atoms with Gasteiger partial charge in [0, 0.05) is 43.6 Å². The van der Waals surface area contributed by atoms with E-state index in [0.717, 1.165) is 16.6 Å². The third-order valence-electron chi connectivity index (χ3n) is 6.02. The smallest absolute Gasteiger partial charge is 0.335 e. The molecule has 1 aliphatic carbocycles. The van der Waals surface area contributed by atoms with Crippen molar-refractivity contribution in [1.82, 2.24) is 24.2 Å². The highest BCUT2D eigenvalue weighted by Crippen LogP contribution is 2.29. The minimum absolute atomic E-state index is 0.224. The van der Waals surface area contributed by atoms with Gasteiger partial charge < -0.3 is 15.0 Å². The highest BCUT2D eigenvalue weighted by molar-refractivity contribution is 7.84. The standard InChI is InChI=1S/C23H24N6O5S2/c1-24-36(32,33)34-19-9-16(8-18(19)30)28-22-17(10-25-13-27-22)21(31)20-7-14(12-35-20)11-29-6-4-15-3-2-5-26-23(15)29/h2-7,10,12-13,16,18-19,24,30H,8-9,11H2,1H3,(H,25,27,28)/t16-,18+,19-/m1/s1. The molecule has 0 unspecified atom stereocenters. The zero-order valence-corrected chi connectivity index (χ0v) is 20.9. The minimum atomic E-state index is -3.94. The fourth-order valence-corrected chi connectivity index (χ4v) is 5.75. The summed E-state index contributed by atoms with van der Waals surface area (Å²) in [6.07, 6.45) is 5.08. The number of carbonyl (C=O) groups excluding carboxylic acids is 1. The summed E-state index contributed by atoms with van der Waals surface area (Å²) in [5.74, 6) is 0.0915. The number of thiophene rings is 1. The summed E-state index contributed by atoms with van der Waals surface area (Å²) in [7, 11) is -2.71. The molecule has 0 radical (unpaired) electrons. The molecule has 4 heterocycles. The minimum Gasteiger partial charge on any atom is -0.390 e. The maximum Gasteiger partial charge on any atom is 0.335 e. The second-order valence-corrected chi connectivity index (χ2v) is 10.9. The second-order valence-electron chi connectivity index (χ2n) is 8.47. The van der Waals surface area contributed by atoms with E-state index in [0.29, 0.717) is 22.8 Å². The molecule has 0 aliphatic heterocycles. The number of aliphatic hydroxyl groups is 1. The maximum atomic E-state index is 13.3. The van der Waals surface area contributed by atoms with Crippen molar-refractivity contribution in [2.75, 3.05) is 12.4 Å². The Morgan fingerprint density at radius 3 is 3.00 bits per heavy atom. The number of anilines is 1. The van der Waals surface area contributed by atoms with Crippen LogP contribution < -0.4 is 10.0 Å². The summed E-state index contributed by atoms with van der Waals surface area (Å²) in [5.41, 5.74) is 2.14. The van der Waals surface area contributed by atoms with Gasteiger partial charge >= 0.3 is 10.3 Å². The number of rotatable bonds is 9. The summed E-state index contributed by atoms with van der Waals surface area (Å²) in [6.45, 7) is 0.581. The lowest BCUT2D eigenvalue weighted by atomic mass is 10.1. The Labute approximate surface area is 211 Å². The molecule has 36 heavy (non-hydrogen) atoms. The maximum absolute atomic E-state index is 13.3. The first-order valence-electron chi connectivity index (χ1n) is 11.2. The fourth-order valence-electron chi connectivity index (χ4n) is 4.27. The first kappa shape index (κ1) is 24.5. The number of aliphatic hydroxyl groups excluding tert-OH is 1. The van der Waals surface area contributed by atoms with Crippen molar-refractivity contribution < 1.29 is 22.5 Å². The van der Waals surface area contributed by atoms with Crippen LogP contribution in [0, 0.1) is 0 Å². The first-order chi connectivity index (χ1) is 17.3. The van der Waals surface area contributed by atoms with Crippen molar-refractivity contribution in [3.8, 4) is 0 Å². The van der Waals surface area contributed by atoms with Gasteiger partial charge in [0.15, 0.2) is 0 Å². The molecule has 0 amide bonds. The second kappa shape index (κ2) is 10.0. The van der Waals surface area contributed by atoms with Gasteiger partial charge in [0.25, 0.3) is 0 Å². The molecule has 5 rings (SSSR count). The van der Waals surface area contributed by atoms with E-state index in [9.17, 15) is 18.3 Å². The van der Waals surface area contributed by atoms with Crippen molar-refractivity contribution >= 4 is 44.3 Å². The predicted molar refractivity (Wildman–Crippen MR) is 134 cm³/mol. The van der Waals surface area contributed by atoms with Crippen LogP contribution in [0.4, 0.5) is 5.82 Å². The summed E-state index contributed by atoms with van der Waals surface area (Å²) >= 11 is 1.34. The van der Waals surface area contributed by atoms with Gasteiger partial charge in [0.2, 0.25) is 5.78 Å². The number of hydrogen-bond donors (Lipinski definition) is 3. The molecule has 11 nitrogen and oxygen atoms in total. The quantitative estimate of drug-likeness (QED) is 0.277. The van der Waals surface area contributed by atoms with Crippen LogP contribution in [0.1, 0.15) is 33.6 Å². The van der Waals surface area contributed by atoms with Crippen molar-refractivity contribution in [3.05, 3.63) is 70.6 Å². The number of hydrogen-bond acceptors (Lipinski definition) is 10. The van der Waals surface area contributed by atoms with Gasteiger partial charge in [-0.25, -0.2) is 15.0 Å². The third-order valence-corrected chi connectivity index (χ3v) is 8.00. The van der Waals surface area contributed by atoms with Crippen LogP contribution in [0.2, 0.25) is 0 Å². The molecule has 1 fully saturated rings. The van der Waals surface area contributed by atoms with Crippen molar-refractivity contribution in [2.45, 2.75) is 37.6 Å². The summed E-state index contributed by atoms with van der Waals surface area (Å²) in [4.78, 5) is 26.6. The average molecular weight is 529 g/mol. The number of ketones is 1. The van der Waals surface area contributed by atoms with E-state index >= 15 is 0 Å². The summed E-state index contributed by atoms with van der Waals surface area (Å²) in [5, 5.41) is 16.4. The van der Waals surface area contributed by atoms with Crippen LogP contribution in [0.25, 0.3) is 11.0 Å². The van der Waals surface area contributed by atoms with Gasteiger partial charge in [-0.2, -0.15) is 13.1 Å². The Morgan fingerprint density at radius 2 is 2.17 bits per heavy atom. The van der Waals surface area contributed by atoms with E-state index in [2.05, 4.69) is 25.0 Å². The van der Waals surface area contributed by atoms with Gasteiger partial charge in [-0.3, -0.25) is 8.98 Å². The lowest BCUT2D eigenvalue weighted by Crippen LogP contribution is -2.31. The molecule has 188 valence electrons.